The lowest BCUT2D eigenvalue weighted by Gasteiger charge is -2.11. The summed E-state index contributed by atoms with van der Waals surface area (Å²) in [6.07, 6.45) is 5.79. The summed E-state index contributed by atoms with van der Waals surface area (Å²) >= 11 is 6.58. The summed E-state index contributed by atoms with van der Waals surface area (Å²) in [7, 11) is 0. The molecule has 1 amide bonds. The minimum atomic E-state index is -0.181. The first-order chi connectivity index (χ1) is 18.0. The van der Waals surface area contributed by atoms with Gasteiger partial charge < -0.3 is 4.74 Å². The van der Waals surface area contributed by atoms with E-state index in [4.69, 9.17) is 21.4 Å². The van der Waals surface area contributed by atoms with Gasteiger partial charge in [-0.15, -0.1) is 0 Å². The molecule has 4 aromatic rings. The van der Waals surface area contributed by atoms with E-state index in [1.165, 1.54) is 5.01 Å². The van der Waals surface area contributed by atoms with E-state index < -0.39 is 0 Å². The van der Waals surface area contributed by atoms with Gasteiger partial charge in [0, 0.05) is 17.3 Å². The molecule has 1 aliphatic heterocycles. The Hall–Kier alpha value is -4.16. The molecule has 37 heavy (non-hydrogen) atoms. The number of carbonyl (C=O) groups is 1. The SMILES string of the molecule is CCCCOc1ccc(-c2nn(-c3ccccc3)cc2/C=C2\C(=O)N(c3ccccc3)N=C2C)cc1Cl. The number of rotatable bonds is 8. The lowest BCUT2D eigenvalue weighted by molar-refractivity contribution is -0.114. The number of hydrazone groups is 1. The summed E-state index contributed by atoms with van der Waals surface area (Å²) in [6.45, 7) is 4.58. The van der Waals surface area contributed by atoms with Crippen LogP contribution in [-0.4, -0.2) is 28.0 Å². The molecule has 0 atom stereocenters. The highest BCUT2D eigenvalue weighted by Gasteiger charge is 2.29. The molecule has 1 aromatic heterocycles. The molecular formula is C30H27ClN4O2. The van der Waals surface area contributed by atoms with Crippen LogP contribution < -0.4 is 9.75 Å². The van der Waals surface area contributed by atoms with E-state index in [1.54, 1.807) is 0 Å². The zero-order chi connectivity index (χ0) is 25.8. The molecule has 0 fully saturated rings. The quantitative estimate of drug-likeness (QED) is 0.186. The van der Waals surface area contributed by atoms with Crippen molar-refractivity contribution in [3.8, 4) is 22.7 Å². The molecular weight excluding hydrogens is 484 g/mol. The summed E-state index contributed by atoms with van der Waals surface area (Å²) in [5.41, 5.74) is 5.11. The van der Waals surface area contributed by atoms with Crippen molar-refractivity contribution < 1.29 is 9.53 Å². The Morgan fingerprint density at radius 2 is 1.68 bits per heavy atom. The van der Waals surface area contributed by atoms with Gasteiger partial charge in [-0.3, -0.25) is 4.79 Å². The summed E-state index contributed by atoms with van der Waals surface area (Å²) in [6, 6.07) is 24.9. The van der Waals surface area contributed by atoms with Gasteiger partial charge in [0.1, 0.15) is 11.4 Å². The Morgan fingerprint density at radius 3 is 2.35 bits per heavy atom. The minimum Gasteiger partial charge on any atom is -0.492 e. The van der Waals surface area contributed by atoms with Crippen LogP contribution >= 0.6 is 11.6 Å². The monoisotopic (exact) mass is 510 g/mol. The lowest BCUT2D eigenvalue weighted by atomic mass is 10.0. The van der Waals surface area contributed by atoms with E-state index in [-0.39, 0.29) is 5.91 Å². The van der Waals surface area contributed by atoms with Crippen LogP contribution in [0.1, 0.15) is 32.3 Å². The van der Waals surface area contributed by atoms with Crippen LogP contribution in [0.15, 0.2) is 95.7 Å². The zero-order valence-electron chi connectivity index (χ0n) is 20.8. The molecule has 7 heteroatoms. The molecule has 1 aliphatic rings. The van der Waals surface area contributed by atoms with E-state index >= 15 is 0 Å². The maximum Gasteiger partial charge on any atom is 0.280 e. The van der Waals surface area contributed by atoms with Gasteiger partial charge in [0.05, 0.1) is 34.3 Å². The standard InChI is InChI=1S/C30H27ClN4O2/c1-3-4-17-37-28-16-15-22(19-27(28)31)29-23(20-34(33-29)24-11-7-5-8-12-24)18-26-21(2)32-35(30(26)36)25-13-9-6-10-14-25/h5-16,18-20H,3-4,17H2,1-2H3/b26-18-. The zero-order valence-corrected chi connectivity index (χ0v) is 21.5. The van der Waals surface area contributed by atoms with Crippen LogP contribution in [0.4, 0.5) is 5.69 Å². The molecule has 5 rings (SSSR count). The van der Waals surface area contributed by atoms with Gasteiger partial charge in [-0.2, -0.15) is 15.2 Å². The number of unbranched alkanes of at least 4 members (excludes halogenated alkanes) is 1. The fraction of sp³-hybridized carbons (Fsp3) is 0.167. The molecule has 6 nitrogen and oxygen atoms in total. The molecule has 0 bridgehead atoms. The van der Waals surface area contributed by atoms with Gasteiger partial charge in [-0.05, 0) is 61.9 Å². The molecule has 3 aromatic carbocycles. The first kappa shape index (κ1) is 24.5. The first-order valence-corrected chi connectivity index (χ1v) is 12.7. The molecule has 0 aliphatic carbocycles. The van der Waals surface area contributed by atoms with Crippen molar-refractivity contribution in [2.45, 2.75) is 26.7 Å². The number of ether oxygens (including phenoxy) is 1. The molecule has 0 spiro atoms. The number of nitrogens with zero attached hydrogens (tertiary/aromatic N) is 4. The fourth-order valence-corrected chi connectivity index (χ4v) is 4.34. The highest BCUT2D eigenvalue weighted by molar-refractivity contribution is 6.33. The van der Waals surface area contributed by atoms with E-state index in [9.17, 15) is 4.79 Å². The van der Waals surface area contributed by atoms with Crippen LogP contribution in [-0.2, 0) is 4.79 Å². The second kappa shape index (κ2) is 10.8. The number of para-hydroxylation sites is 2. The molecule has 186 valence electrons. The number of amides is 1. The van der Waals surface area contributed by atoms with Crippen molar-refractivity contribution >= 4 is 35.0 Å². The summed E-state index contributed by atoms with van der Waals surface area (Å²) in [4.78, 5) is 13.3. The number of carbonyl (C=O) groups excluding carboxylic acids is 1. The summed E-state index contributed by atoms with van der Waals surface area (Å²) < 4.78 is 7.63. The van der Waals surface area contributed by atoms with E-state index in [0.29, 0.717) is 34.4 Å². The number of benzene rings is 3. The molecule has 2 heterocycles. The molecule has 0 unspecified atom stereocenters. The third-order valence-electron chi connectivity index (χ3n) is 6.09. The van der Waals surface area contributed by atoms with E-state index in [0.717, 1.165) is 35.3 Å². The topological polar surface area (TPSA) is 59.7 Å². The van der Waals surface area contributed by atoms with Gasteiger partial charge in [-0.25, -0.2) is 4.68 Å². The second-order valence-corrected chi connectivity index (χ2v) is 9.16. The normalized spacial score (nSPS) is 14.4. The number of hydrogen-bond acceptors (Lipinski definition) is 4. The minimum absolute atomic E-state index is 0.181. The third-order valence-corrected chi connectivity index (χ3v) is 6.38. The average molecular weight is 511 g/mol. The highest BCUT2D eigenvalue weighted by Crippen LogP contribution is 2.34. The van der Waals surface area contributed by atoms with Crippen LogP contribution in [0, 0.1) is 0 Å². The Labute approximate surface area is 221 Å². The maximum atomic E-state index is 13.3. The second-order valence-electron chi connectivity index (χ2n) is 8.76. The van der Waals surface area contributed by atoms with E-state index in [2.05, 4.69) is 12.0 Å². The molecule has 0 radical (unpaired) electrons. The van der Waals surface area contributed by atoms with Crippen molar-refractivity contribution in [3.63, 3.8) is 0 Å². The molecule has 0 N–H and O–H groups in total. The van der Waals surface area contributed by atoms with Crippen LogP contribution in [0.25, 0.3) is 23.0 Å². The van der Waals surface area contributed by atoms with Crippen molar-refractivity contribution in [1.29, 1.82) is 0 Å². The Morgan fingerprint density at radius 1 is 0.973 bits per heavy atom. The van der Waals surface area contributed by atoms with Crippen LogP contribution in [0.2, 0.25) is 5.02 Å². The number of hydrogen-bond donors (Lipinski definition) is 0. The summed E-state index contributed by atoms with van der Waals surface area (Å²) in [5.74, 6) is 0.466. The van der Waals surface area contributed by atoms with E-state index in [1.807, 2.05) is 103 Å². The first-order valence-electron chi connectivity index (χ1n) is 12.3. The highest BCUT2D eigenvalue weighted by atomic mass is 35.5. The third kappa shape index (κ3) is 5.20. The number of anilines is 1. The molecule has 0 saturated heterocycles. The number of aromatic nitrogens is 2. The largest absolute Gasteiger partial charge is 0.492 e. The lowest BCUT2D eigenvalue weighted by Crippen LogP contribution is -2.21. The summed E-state index contributed by atoms with van der Waals surface area (Å²) in [5, 5.41) is 11.3. The van der Waals surface area contributed by atoms with Crippen LogP contribution in [0.5, 0.6) is 5.75 Å². The predicted molar refractivity (Wildman–Crippen MR) is 149 cm³/mol. The van der Waals surface area contributed by atoms with Crippen molar-refractivity contribution in [1.82, 2.24) is 9.78 Å². The van der Waals surface area contributed by atoms with Gasteiger partial charge in [0.15, 0.2) is 0 Å². The predicted octanol–water partition coefficient (Wildman–Crippen LogP) is 7.18. The van der Waals surface area contributed by atoms with Gasteiger partial charge >= 0.3 is 0 Å². The van der Waals surface area contributed by atoms with Crippen molar-refractivity contribution in [3.05, 3.63) is 101 Å². The van der Waals surface area contributed by atoms with Gasteiger partial charge in [0.25, 0.3) is 5.91 Å². The fourth-order valence-electron chi connectivity index (χ4n) is 4.11. The smallest absolute Gasteiger partial charge is 0.280 e. The number of halogens is 1. The molecule has 0 saturated carbocycles. The maximum absolute atomic E-state index is 13.3. The van der Waals surface area contributed by atoms with Crippen molar-refractivity contribution in [2.24, 2.45) is 5.10 Å². The Balaban J connectivity index is 1.55. The Kier molecular flexibility index (Phi) is 7.19. The van der Waals surface area contributed by atoms with Crippen molar-refractivity contribution in [2.75, 3.05) is 11.6 Å². The van der Waals surface area contributed by atoms with Gasteiger partial charge in [0.2, 0.25) is 0 Å². The van der Waals surface area contributed by atoms with Crippen LogP contribution in [0.3, 0.4) is 0 Å². The average Bonchev–Trinajstić information content (AvgIpc) is 3.47. The van der Waals surface area contributed by atoms with Gasteiger partial charge in [-0.1, -0.05) is 61.3 Å². The Bertz CT molecular complexity index is 1480.